The number of amides is 2. The average Bonchev–Trinajstić information content (AvgIpc) is 3.21. The van der Waals surface area contributed by atoms with Crippen LogP contribution >= 0.6 is 0 Å². The molecule has 1 aliphatic heterocycles. The SMILES string of the molecule is Cc1cnn(CCC(=O)NC(C)c2ccc(N3CCCC3=O)cc2)c1. The minimum Gasteiger partial charge on any atom is -0.350 e. The Morgan fingerprint density at radius 3 is 2.68 bits per heavy atom. The summed E-state index contributed by atoms with van der Waals surface area (Å²) in [7, 11) is 0. The van der Waals surface area contributed by atoms with Gasteiger partial charge in [0.2, 0.25) is 11.8 Å². The van der Waals surface area contributed by atoms with Crippen LogP contribution in [0.15, 0.2) is 36.7 Å². The molecule has 1 atom stereocenters. The molecule has 2 aromatic rings. The molecular formula is C19H24N4O2. The fourth-order valence-corrected chi connectivity index (χ4v) is 3.07. The first-order valence-corrected chi connectivity index (χ1v) is 8.71. The summed E-state index contributed by atoms with van der Waals surface area (Å²) in [5.74, 6) is 0.183. The maximum atomic E-state index is 12.1. The molecule has 1 aromatic heterocycles. The van der Waals surface area contributed by atoms with Crippen molar-refractivity contribution in [3.05, 3.63) is 47.8 Å². The minimum atomic E-state index is -0.0739. The number of hydrogen-bond acceptors (Lipinski definition) is 3. The maximum absolute atomic E-state index is 12.1. The Labute approximate surface area is 147 Å². The van der Waals surface area contributed by atoms with Gasteiger partial charge in [-0.15, -0.1) is 0 Å². The number of nitrogens with zero attached hydrogens (tertiary/aromatic N) is 3. The van der Waals surface area contributed by atoms with Gasteiger partial charge in [0, 0.05) is 37.8 Å². The molecule has 2 heterocycles. The molecule has 0 spiro atoms. The quantitative estimate of drug-likeness (QED) is 0.879. The predicted molar refractivity (Wildman–Crippen MR) is 96.2 cm³/mol. The van der Waals surface area contributed by atoms with Crippen LogP contribution in [-0.2, 0) is 16.1 Å². The Morgan fingerprint density at radius 2 is 2.08 bits per heavy atom. The maximum Gasteiger partial charge on any atom is 0.227 e. The van der Waals surface area contributed by atoms with E-state index in [1.807, 2.05) is 49.2 Å². The zero-order valence-corrected chi connectivity index (χ0v) is 14.7. The second-order valence-electron chi connectivity index (χ2n) is 6.56. The van der Waals surface area contributed by atoms with Crippen molar-refractivity contribution in [2.75, 3.05) is 11.4 Å². The van der Waals surface area contributed by atoms with Crippen molar-refractivity contribution in [1.29, 1.82) is 0 Å². The van der Waals surface area contributed by atoms with Crippen molar-refractivity contribution in [1.82, 2.24) is 15.1 Å². The highest BCUT2D eigenvalue weighted by atomic mass is 16.2. The highest BCUT2D eigenvalue weighted by Gasteiger charge is 2.21. The van der Waals surface area contributed by atoms with Crippen molar-refractivity contribution in [3.63, 3.8) is 0 Å². The van der Waals surface area contributed by atoms with Crippen LogP contribution in [0.4, 0.5) is 5.69 Å². The fraction of sp³-hybridized carbons (Fsp3) is 0.421. The van der Waals surface area contributed by atoms with Crippen LogP contribution in [0.1, 0.15) is 43.4 Å². The van der Waals surface area contributed by atoms with Crippen LogP contribution in [0.25, 0.3) is 0 Å². The summed E-state index contributed by atoms with van der Waals surface area (Å²) < 4.78 is 1.78. The van der Waals surface area contributed by atoms with E-state index in [0.29, 0.717) is 19.4 Å². The second-order valence-corrected chi connectivity index (χ2v) is 6.56. The largest absolute Gasteiger partial charge is 0.350 e. The monoisotopic (exact) mass is 340 g/mol. The van der Waals surface area contributed by atoms with E-state index in [9.17, 15) is 9.59 Å². The molecule has 1 aliphatic rings. The van der Waals surface area contributed by atoms with Crippen molar-refractivity contribution < 1.29 is 9.59 Å². The van der Waals surface area contributed by atoms with Gasteiger partial charge in [-0.2, -0.15) is 5.10 Å². The Balaban J connectivity index is 1.52. The van der Waals surface area contributed by atoms with Gasteiger partial charge >= 0.3 is 0 Å². The first kappa shape index (κ1) is 17.2. The molecule has 3 rings (SSSR count). The van der Waals surface area contributed by atoms with Gasteiger partial charge < -0.3 is 10.2 Å². The molecule has 1 aromatic carbocycles. The van der Waals surface area contributed by atoms with E-state index in [4.69, 9.17) is 0 Å². The van der Waals surface area contributed by atoms with Crippen LogP contribution in [-0.4, -0.2) is 28.1 Å². The van der Waals surface area contributed by atoms with Gasteiger partial charge in [0.05, 0.1) is 12.2 Å². The number of rotatable bonds is 6. The number of aryl methyl sites for hydroxylation is 2. The van der Waals surface area contributed by atoms with Crippen LogP contribution in [0.2, 0.25) is 0 Å². The van der Waals surface area contributed by atoms with Gasteiger partial charge in [0.25, 0.3) is 0 Å². The number of hydrogen-bond donors (Lipinski definition) is 1. The molecule has 1 N–H and O–H groups in total. The number of benzene rings is 1. The lowest BCUT2D eigenvalue weighted by Crippen LogP contribution is -2.27. The van der Waals surface area contributed by atoms with Gasteiger partial charge in [-0.3, -0.25) is 14.3 Å². The molecule has 25 heavy (non-hydrogen) atoms. The number of carbonyl (C=O) groups excluding carboxylic acids is 2. The van der Waals surface area contributed by atoms with Gasteiger partial charge in [-0.1, -0.05) is 12.1 Å². The molecule has 0 bridgehead atoms. The van der Waals surface area contributed by atoms with E-state index in [-0.39, 0.29) is 17.9 Å². The number of aromatic nitrogens is 2. The Hall–Kier alpha value is -2.63. The summed E-state index contributed by atoms with van der Waals surface area (Å²) in [5.41, 5.74) is 3.04. The first-order chi connectivity index (χ1) is 12.0. The smallest absolute Gasteiger partial charge is 0.227 e. The summed E-state index contributed by atoms with van der Waals surface area (Å²) in [6, 6.07) is 7.78. The van der Waals surface area contributed by atoms with Gasteiger partial charge in [-0.05, 0) is 43.5 Å². The molecule has 0 aliphatic carbocycles. The number of nitrogens with one attached hydrogen (secondary N) is 1. The Morgan fingerprint density at radius 1 is 1.32 bits per heavy atom. The Kier molecular flexibility index (Phi) is 5.16. The summed E-state index contributed by atoms with van der Waals surface area (Å²) in [5, 5.41) is 7.19. The minimum absolute atomic E-state index is 0.000509. The standard InChI is InChI=1S/C19H24N4O2/c1-14-12-20-22(13-14)11-9-18(24)21-15(2)16-5-7-17(8-6-16)23-10-3-4-19(23)25/h5-8,12-13,15H,3-4,9-11H2,1-2H3,(H,21,24). The summed E-state index contributed by atoms with van der Waals surface area (Å²) >= 11 is 0. The molecule has 132 valence electrons. The second kappa shape index (κ2) is 7.51. The summed E-state index contributed by atoms with van der Waals surface area (Å²) in [4.78, 5) is 25.7. The highest BCUT2D eigenvalue weighted by Crippen LogP contribution is 2.23. The molecule has 0 saturated carbocycles. The first-order valence-electron chi connectivity index (χ1n) is 8.71. The van der Waals surface area contributed by atoms with Crippen molar-refractivity contribution in [3.8, 4) is 0 Å². The van der Waals surface area contributed by atoms with Gasteiger partial charge in [0.1, 0.15) is 0 Å². The van der Waals surface area contributed by atoms with E-state index in [2.05, 4.69) is 10.4 Å². The molecule has 1 saturated heterocycles. The Bertz CT molecular complexity index is 751. The third kappa shape index (κ3) is 4.26. The van der Waals surface area contributed by atoms with E-state index in [1.165, 1.54) is 0 Å². The van der Waals surface area contributed by atoms with Crippen molar-refractivity contribution in [2.45, 2.75) is 45.7 Å². The third-order valence-electron chi connectivity index (χ3n) is 4.49. The summed E-state index contributed by atoms with van der Waals surface area (Å²) in [6.45, 7) is 5.30. The predicted octanol–water partition coefficient (Wildman–Crippen LogP) is 2.59. The zero-order valence-electron chi connectivity index (χ0n) is 14.7. The topological polar surface area (TPSA) is 67.2 Å². The van der Waals surface area contributed by atoms with Gasteiger partial charge in [0.15, 0.2) is 0 Å². The number of anilines is 1. The molecule has 1 unspecified atom stereocenters. The zero-order chi connectivity index (χ0) is 17.8. The lowest BCUT2D eigenvalue weighted by molar-refractivity contribution is -0.122. The van der Waals surface area contributed by atoms with Gasteiger partial charge in [-0.25, -0.2) is 0 Å². The van der Waals surface area contributed by atoms with Crippen LogP contribution in [0.3, 0.4) is 0 Å². The lowest BCUT2D eigenvalue weighted by Gasteiger charge is -2.18. The van der Waals surface area contributed by atoms with Crippen LogP contribution in [0, 0.1) is 6.92 Å². The molecule has 6 nitrogen and oxygen atoms in total. The fourth-order valence-electron chi connectivity index (χ4n) is 3.07. The molecule has 2 amide bonds. The van der Waals surface area contributed by atoms with Crippen molar-refractivity contribution in [2.24, 2.45) is 0 Å². The van der Waals surface area contributed by atoms with Crippen molar-refractivity contribution >= 4 is 17.5 Å². The molecule has 0 radical (unpaired) electrons. The van der Waals surface area contributed by atoms with E-state index in [1.54, 1.807) is 10.9 Å². The van der Waals surface area contributed by atoms with Crippen LogP contribution < -0.4 is 10.2 Å². The molecular weight excluding hydrogens is 316 g/mol. The van der Waals surface area contributed by atoms with E-state index in [0.717, 1.165) is 29.8 Å². The summed E-state index contributed by atoms with van der Waals surface area (Å²) in [6.07, 6.45) is 5.65. The van der Waals surface area contributed by atoms with Crippen LogP contribution in [0.5, 0.6) is 0 Å². The molecule has 1 fully saturated rings. The third-order valence-corrected chi connectivity index (χ3v) is 4.49. The van der Waals surface area contributed by atoms with E-state index >= 15 is 0 Å². The lowest BCUT2D eigenvalue weighted by atomic mass is 10.1. The number of carbonyl (C=O) groups is 2. The van der Waals surface area contributed by atoms with E-state index < -0.39 is 0 Å². The highest BCUT2D eigenvalue weighted by molar-refractivity contribution is 5.95. The normalized spacial score (nSPS) is 15.4. The average molecular weight is 340 g/mol. The molecule has 6 heteroatoms.